The van der Waals surface area contributed by atoms with Crippen molar-refractivity contribution in [2.75, 3.05) is 23.7 Å². The summed E-state index contributed by atoms with van der Waals surface area (Å²) < 4.78 is 38.5. The van der Waals surface area contributed by atoms with E-state index in [4.69, 9.17) is 9.47 Å². The molecule has 0 aromatic heterocycles. The second-order valence-electron chi connectivity index (χ2n) is 7.19. The fourth-order valence-electron chi connectivity index (χ4n) is 3.08. The molecule has 34 heavy (non-hydrogen) atoms. The number of carbonyl (C=O) groups is 1. The van der Waals surface area contributed by atoms with Gasteiger partial charge in [-0.3, -0.25) is 14.8 Å². The van der Waals surface area contributed by atoms with Crippen LogP contribution in [0.25, 0.3) is 0 Å². The summed E-state index contributed by atoms with van der Waals surface area (Å²) in [6.07, 6.45) is 0. The molecule has 0 aliphatic heterocycles. The molecule has 0 atom stereocenters. The van der Waals surface area contributed by atoms with Crippen LogP contribution in [0.15, 0.2) is 65.6 Å². The van der Waals surface area contributed by atoms with Crippen molar-refractivity contribution in [1.82, 2.24) is 0 Å². The van der Waals surface area contributed by atoms with Crippen LogP contribution in [0.4, 0.5) is 17.1 Å². The minimum absolute atomic E-state index is 0.0109. The predicted molar refractivity (Wildman–Crippen MR) is 127 cm³/mol. The van der Waals surface area contributed by atoms with E-state index < -0.39 is 20.9 Å². The van der Waals surface area contributed by atoms with E-state index in [0.29, 0.717) is 6.54 Å². The highest BCUT2D eigenvalue weighted by molar-refractivity contribution is 7.92. The molecule has 3 aromatic carbocycles. The minimum atomic E-state index is -3.96. The maximum atomic E-state index is 12.8. The Balaban J connectivity index is 1.93. The molecule has 0 amide bonds. The molecule has 0 fully saturated rings. The number of ether oxygens (including phenoxy) is 2. The highest BCUT2D eigenvalue weighted by Crippen LogP contribution is 2.33. The quantitative estimate of drug-likeness (QED) is 0.252. The fourth-order valence-corrected chi connectivity index (χ4v) is 4.16. The zero-order valence-electron chi connectivity index (χ0n) is 18.7. The Morgan fingerprint density at radius 2 is 1.65 bits per heavy atom. The van der Waals surface area contributed by atoms with Crippen LogP contribution in [-0.2, 0) is 14.8 Å². The molecule has 10 nitrogen and oxygen atoms in total. The lowest BCUT2D eigenvalue weighted by Gasteiger charge is -2.14. The molecule has 0 bridgehead atoms. The lowest BCUT2D eigenvalue weighted by atomic mass is 10.1. The predicted octanol–water partition coefficient (Wildman–Crippen LogP) is 4.71. The van der Waals surface area contributed by atoms with E-state index in [1.165, 1.54) is 55.6 Å². The molecule has 0 saturated carbocycles. The van der Waals surface area contributed by atoms with Crippen molar-refractivity contribution in [3.05, 3.63) is 81.9 Å². The Morgan fingerprint density at radius 3 is 2.26 bits per heavy atom. The number of methoxy groups -OCH3 is 1. The Hall–Kier alpha value is -4.12. The fraction of sp³-hybridized carbons (Fsp3) is 0.174. The molecule has 0 unspecified atom stereocenters. The number of benzene rings is 3. The van der Waals surface area contributed by atoms with Gasteiger partial charge in [-0.25, -0.2) is 13.2 Å². The Kier molecular flexibility index (Phi) is 7.37. The second-order valence-corrected chi connectivity index (χ2v) is 8.87. The second kappa shape index (κ2) is 10.2. The van der Waals surface area contributed by atoms with Gasteiger partial charge in [-0.05, 0) is 50.2 Å². The van der Waals surface area contributed by atoms with Gasteiger partial charge in [0.1, 0.15) is 17.2 Å². The molecule has 0 radical (unpaired) electrons. The topological polar surface area (TPSA) is 137 Å². The summed E-state index contributed by atoms with van der Waals surface area (Å²) in [5, 5.41) is 14.1. The first-order valence-electron chi connectivity index (χ1n) is 10.2. The van der Waals surface area contributed by atoms with Crippen LogP contribution in [0, 0.1) is 17.0 Å². The average molecular weight is 486 g/mol. The SMILES string of the molecule is CCNc1cc(Oc2ccc(NS(=O)(=O)c3ccc(C)cc3)c(C(=O)OC)c2)ccc1[N+](=O)[O-]. The van der Waals surface area contributed by atoms with Crippen molar-refractivity contribution in [2.24, 2.45) is 0 Å². The van der Waals surface area contributed by atoms with Gasteiger partial charge in [0.2, 0.25) is 0 Å². The van der Waals surface area contributed by atoms with E-state index in [9.17, 15) is 23.3 Å². The number of esters is 1. The molecular formula is C23H23N3O7S. The molecule has 178 valence electrons. The van der Waals surface area contributed by atoms with E-state index in [1.807, 2.05) is 6.92 Å². The largest absolute Gasteiger partial charge is 0.465 e. The summed E-state index contributed by atoms with van der Waals surface area (Å²) in [7, 11) is -2.79. The van der Waals surface area contributed by atoms with Crippen LogP contribution in [0.1, 0.15) is 22.8 Å². The number of aryl methyl sites for hydroxylation is 1. The molecule has 0 aliphatic carbocycles. The van der Waals surface area contributed by atoms with Gasteiger partial charge in [-0.2, -0.15) is 0 Å². The number of hydrogen-bond donors (Lipinski definition) is 2. The number of hydrogen-bond acceptors (Lipinski definition) is 8. The van der Waals surface area contributed by atoms with Crippen LogP contribution >= 0.6 is 0 Å². The molecule has 0 saturated heterocycles. The zero-order chi connectivity index (χ0) is 24.9. The number of nitro groups is 1. The van der Waals surface area contributed by atoms with Crippen molar-refractivity contribution >= 4 is 33.1 Å². The average Bonchev–Trinajstić information content (AvgIpc) is 2.80. The van der Waals surface area contributed by atoms with Gasteiger partial charge < -0.3 is 14.8 Å². The summed E-state index contributed by atoms with van der Waals surface area (Å²) in [5.74, 6) is -0.288. The monoisotopic (exact) mass is 485 g/mol. The van der Waals surface area contributed by atoms with Crippen LogP contribution < -0.4 is 14.8 Å². The van der Waals surface area contributed by atoms with E-state index in [2.05, 4.69) is 10.0 Å². The van der Waals surface area contributed by atoms with Crippen LogP contribution in [0.3, 0.4) is 0 Å². The van der Waals surface area contributed by atoms with Crippen LogP contribution in [0.5, 0.6) is 11.5 Å². The first kappa shape index (κ1) is 24.5. The van der Waals surface area contributed by atoms with Crippen molar-refractivity contribution < 1.29 is 27.6 Å². The first-order valence-corrected chi connectivity index (χ1v) is 11.6. The first-order chi connectivity index (χ1) is 16.1. The zero-order valence-corrected chi connectivity index (χ0v) is 19.5. The number of nitro benzene ring substituents is 1. The number of nitrogens with zero attached hydrogens (tertiary/aromatic N) is 1. The van der Waals surface area contributed by atoms with Crippen LogP contribution in [0.2, 0.25) is 0 Å². The number of sulfonamides is 1. The summed E-state index contributed by atoms with van der Waals surface area (Å²) in [5.41, 5.74) is 1.02. The number of nitrogens with one attached hydrogen (secondary N) is 2. The van der Waals surface area contributed by atoms with Crippen molar-refractivity contribution in [2.45, 2.75) is 18.7 Å². The molecule has 3 aromatic rings. The summed E-state index contributed by atoms with van der Waals surface area (Å²) in [6, 6.07) is 14.6. The van der Waals surface area contributed by atoms with Gasteiger partial charge in [0.05, 0.1) is 28.2 Å². The Bertz CT molecular complexity index is 1320. The third-order valence-corrected chi connectivity index (χ3v) is 6.12. The van der Waals surface area contributed by atoms with Gasteiger partial charge >= 0.3 is 5.97 Å². The van der Waals surface area contributed by atoms with Crippen molar-refractivity contribution in [3.63, 3.8) is 0 Å². The van der Waals surface area contributed by atoms with E-state index >= 15 is 0 Å². The lowest BCUT2D eigenvalue weighted by Crippen LogP contribution is -2.16. The Morgan fingerprint density at radius 1 is 1.00 bits per heavy atom. The molecular weight excluding hydrogens is 462 g/mol. The third-order valence-electron chi connectivity index (χ3n) is 4.74. The third kappa shape index (κ3) is 5.62. The smallest absolute Gasteiger partial charge is 0.340 e. The summed E-state index contributed by atoms with van der Waals surface area (Å²) in [6.45, 7) is 4.10. The maximum absolute atomic E-state index is 12.8. The van der Waals surface area contributed by atoms with Gasteiger partial charge in [0, 0.05) is 18.7 Å². The highest BCUT2D eigenvalue weighted by Gasteiger charge is 2.21. The summed E-state index contributed by atoms with van der Waals surface area (Å²) >= 11 is 0. The van der Waals surface area contributed by atoms with E-state index in [1.54, 1.807) is 19.1 Å². The molecule has 2 N–H and O–H groups in total. The Labute approximate surface area is 196 Å². The van der Waals surface area contributed by atoms with E-state index in [-0.39, 0.29) is 39.0 Å². The highest BCUT2D eigenvalue weighted by atomic mass is 32.2. The number of anilines is 2. The van der Waals surface area contributed by atoms with E-state index in [0.717, 1.165) is 5.56 Å². The lowest BCUT2D eigenvalue weighted by molar-refractivity contribution is -0.384. The molecule has 0 aliphatic rings. The normalized spacial score (nSPS) is 10.9. The molecule has 11 heteroatoms. The summed E-state index contributed by atoms with van der Waals surface area (Å²) in [4.78, 5) is 23.1. The number of carbonyl (C=O) groups excluding carboxylic acids is 1. The van der Waals surface area contributed by atoms with Crippen molar-refractivity contribution in [1.29, 1.82) is 0 Å². The van der Waals surface area contributed by atoms with Gasteiger partial charge in [-0.15, -0.1) is 0 Å². The number of rotatable bonds is 9. The van der Waals surface area contributed by atoms with Crippen LogP contribution in [-0.4, -0.2) is 33.0 Å². The van der Waals surface area contributed by atoms with Crippen molar-refractivity contribution in [3.8, 4) is 11.5 Å². The molecule has 0 spiro atoms. The van der Waals surface area contributed by atoms with Gasteiger partial charge in [-0.1, -0.05) is 17.7 Å². The standard InChI is InChI=1S/C23H23N3O7S/c1-4-24-21-14-17(8-12-22(21)26(28)29)33-16-7-11-20(19(13-16)23(27)32-3)25-34(30,31)18-9-5-15(2)6-10-18/h5-14,24-25H,4H2,1-3H3. The maximum Gasteiger partial charge on any atom is 0.340 e. The van der Waals surface area contributed by atoms with Gasteiger partial charge in [0.25, 0.3) is 15.7 Å². The molecule has 3 rings (SSSR count). The minimum Gasteiger partial charge on any atom is -0.465 e. The molecule has 0 heterocycles. The van der Waals surface area contributed by atoms with Gasteiger partial charge in [0.15, 0.2) is 0 Å².